The van der Waals surface area contributed by atoms with Crippen LogP contribution >= 0.6 is 0 Å². The van der Waals surface area contributed by atoms with Gasteiger partial charge in [-0.05, 0) is 38.0 Å². The van der Waals surface area contributed by atoms with E-state index >= 15 is 0 Å². The Hall–Kier alpha value is -1.55. The van der Waals surface area contributed by atoms with Gasteiger partial charge in [-0.3, -0.25) is 4.79 Å². The molecule has 0 aliphatic heterocycles. The molecule has 4 nitrogen and oxygen atoms in total. The highest BCUT2D eigenvalue weighted by Gasteiger charge is 2.19. The summed E-state index contributed by atoms with van der Waals surface area (Å²) in [7, 11) is 1.58. The lowest BCUT2D eigenvalue weighted by Gasteiger charge is -2.21. The summed E-state index contributed by atoms with van der Waals surface area (Å²) in [5.41, 5.74) is 0.642. The van der Waals surface area contributed by atoms with Crippen LogP contribution in [0.3, 0.4) is 0 Å². The molecule has 0 aromatic heterocycles. The fraction of sp³-hybridized carbons (Fsp3) is 0.500. The minimum absolute atomic E-state index is 0.206. The molecule has 0 aliphatic carbocycles. The van der Waals surface area contributed by atoms with E-state index in [1.165, 1.54) is 0 Å². The number of hydrogen-bond acceptors (Lipinski definition) is 3. The number of aliphatic hydroxyl groups is 1. The Morgan fingerprint density at radius 2 is 2.17 bits per heavy atom. The Labute approximate surface area is 108 Å². The topological polar surface area (TPSA) is 58.6 Å². The van der Waals surface area contributed by atoms with Crippen LogP contribution in [0.25, 0.3) is 0 Å². The normalized spacial score (nSPS) is 13.8. The molecule has 1 atom stereocenters. The predicted octanol–water partition coefficient (Wildman–Crippen LogP) is 1.89. The predicted molar refractivity (Wildman–Crippen MR) is 71.0 cm³/mol. The fourth-order valence-electron chi connectivity index (χ4n) is 1.46. The Morgan fingerprint density at radius 1 is 1.50 bits per heavy atom. The van der Waals surface area contributed by atoms with Gasteiger partial charge in [0.2, 0.25) is 0 Å². The minimum atomic E-state index is -0.871. The van der Waals surface area contributed by atoms with E-state index in [2.05, 4.69) is 5.32 Å². The van der Waals surface area contributed by atoms with Gasteiger partial charge in [0.25, 0.3) is 5.91 Å². The average molecular weight is 251 g/mol. The Morgan fingerprint density at radius 3 is 2.72 bits per heavy atom. The molecule has 1 rings (SSSR count). The largest absolute Gasteiger partial charge is 0.496 e. The number of carbonyl (C=O) groups is 1. The van der Waals surface area contributed by atoms with E-state index in [9.17, 15) is 9.90 Å². The summed E-state index contributed by atoms with van der Waals surface area (Å²) in [4.78, 5) is 11.9. The summed E-state index contributed by atoms with van der Waals surface area (Å²) in [6, 6.07) is 5.28. The van der Waals surface area contributed by atoms with Gasteiger partial charge in [-0.25, -0.2) is 0 Å². The number of nitrogens with one attached hydrogen (secondary N) is 1. The molecular formula is C14H21NO3. The van der Waals surface area contributed by atoms with Gasteiger partial charge in [-0.1, -0.05) is 13.0 Å². The van der Waals surface area contributed by atoms with Crippen molar-refractivity contribution >= 4 is 5.91 Å². The van der Waals surface area contributed by atoms with Gasteiger partial charge in [0.15, 0.2) is 0 Å². The van der Waals surface area contributed by atoms with Crippen LogP contribution in [0.4, 0.5) is 0 Å². The molecule has 18 heavy (non-hydrogen) atoms. The van der Waals surface area contributed by atoms with Crippen LogP contribution in [0.1, 0.15) is 36.2 Å². The number of ether oxygens (including phenoxy) is 1. The van der Waals surface area contributed by atoms with Crippen LogP contribution in [0.15, 0.2) is 18.2 Å². The number of hydrogen-bond donors (Lipinski definition) is 2. The van der Waals surface area contributed by atoms with Gasteiger partial charge in [0.1, 0.15) is 5.75 Å². The molecule has 100 valence electrons. The van der Waals surface area contributed by atoms with Crippen molar-refractivity contribution in [1.82, 2.24) is 5.32 Å². The molecule has 4 heteroatoms. The van der Waals surface area contributed by atoms with E-state index in [1.54, 1.807) is 26.2 Å². The Bertz CT molecular complexity index is 427. The molecule has 0 heterocycles. The second-order valence-electron chi connectivity index (χ2n) is 4.72. The molecule has 0 aliphatic rings. The Kier molecular flexibility index (Phi) is 4.73. The molecule has 0 bridgehead atoms. The summed E-state index contributed by atoms with van der Waals surface area (Å²) >= 11 is 0. The zero-order valence-corrected chi connectivity index (χ0v) is 11.4. The highest BCUT2D eigenvalue weighted by atomic mass is 16.5. The first-order chi connectivity index (χ1) is 8.39. The molecule has 0 radical (unpaired) electrons. The third-order valence-corrected chi connectivity index (χ3v) is 3.06. The first-order valence-corrected chi connectivity index (χ1v) is 6.05. The van der Waals surface area contributed by atoms with E-state index in [4.69, 9.17) is 4.74 Å². The number of carbonyl (C=O) groups excluding carboxylic acids is 1. The molecule has 1 aromatic carbocycles. The third-order valence-electron chi connectivity index (χ3n) is 3.06. The molecule has 0 fully saturated rings. The van der Waals surface area contributed by atoms with E-state index < -0.39 is 5.60 Å². The first-order valence-electron chi connectivity index (χ1n) is 6.05. The van der Waals surface area contributed by atoms with Gasteiger partial charge < -0.3 is 15.2 Å². The fourth-order valence-corrected chi connectivity index (χ4v) is 1.46. The van der Waals surface area contributed by atoms with Gasteiger partial charge in [0.05, 0.1) is 12.7 Å². The lowest BCUT2D eigenvalue weighted by Crippen LogP contribution is -2.40. The van der Waals surface area contributed by atoms with Crippen LogP contribution < -0.4 is 10.1 Å². The lowest BCUT2D eigenvalue weighted by molar-refractivity contribution is 0.0518. The lowest BCUT2D eigenvalue weighted by atomic mass is 10.0. The number of amides is 1. The van der Waals surface area contributed by atoms with Crippen molar-refractivity contribution in [1.29, 1.82) is 0 Å². The van der Waals surface area contributed by atoms with E-state index in [0.29, 0.717) is 17.7 Å². The molecule has 0 saturated carbocycles. The second kappa shape index (κ2) is 5.87. The number of rotatable bonds is 5. The maximum atomic E-state index is 11.9. The molecule has 1 aromatic rings. The third kappa shape index (κ3) is 3.74. The first kappa shape index (κ1) is 14.5. The van der Waals surface area contributed by atoms with Crippen LogP contribution in [0, 0.1) is 6.92 Å². The summed E-state index contributed by atoms with van der Waals surface area (Å²) in [6.07, 6.45) is 0.588. The zero-order valence-electron chi connectivity index (χ0n) is 11.4. The minimum Gasteiger partial charge on any atom is -0.496 e. The number of methoxy groups -OCH3 is 1. The van der Waals surface area contributed by atoms with Crippen molar-refractivity contribution in [2.24, 2.45) is 0 Å². The quantitative estimate of drug-likeness (QED) is 0.840. The van der Waals surface area contributed by atoms with Crippen molar-refractivity contribution in [3.05, 3.63) is 29.3 Å². The van der Waals surface area contributed by atoms with Gasteiger partial charge in [0, 0.05) is 12.1 Å². The Balaban J connectivity index is 2.73. The van der Waals surface area contributed by atoms with Crippen LogP contribution in [-0.4, -0.2) is 30.3 Å². The van der Waals surface area contributed by atoms with Crippen LogP contribution in [0.2, 0.25) is 0 Å². The van der Waals surface area contributed by atoms with Crippen LogP contribution in [-0.2, 0) is 0 Å². The molecule has 2 N–H and O–H groups in total. The zero-order chi connectivity index (χ0) is 13.8. The summed E-state index contributed by atoms with van der Waals surface area (Å²) in [5, 5.41) is 12.5. The van der Waals surface area contributed by atoms with Crippen molar-refractivity contribution in [2.75, 3.05) is 13.7 Å². The molecule has 1 amide bonds. The second-order valence-corrected chi connectivity index (χ2v) is 4.72. The van der Waals surface area contributed by atoms with Gasteiger partial charge in [-0.15, -0.1) is 0 Å². The summed E-state index contributed by atoms with van der Waals surface area (Å²) < 4.78 is 5.17. The SMILES string of the molecule is CCC(C)(O)CNC(=O)c1ccc(C)c(OC)c1. The smallest absolute Gasteiger partial charge is 0.251 e. The van der Waals surface area contributed by atoms with Gasteiger partial charge in [-0.2, -0.15) is 0 Å². The monoisotopic (exact) mass is 251 g/mol. The average Bonchev–Trinajstić information content (AvgIpc) is 2.36. The van der Waals surface area contributed by atoms with Crippen molar-refractivity contribution in [3.8, 4) is 5.75 Å². The van der Waals surface area contributed by atoms with Crippen molar-refractivity contribution in [2.45, 2.75) is 32.8 Å². The molecule has 1 unspecified atom stereocenters. The van der Waals surface area contributed by atoms with Crippen molar-refractivity contribution in [3.63, 3.8) is 0 Å². The summed E-state index contributed by atoms with van der Waals surface area (Å²) in [5.74, 6) is 0.479. The standard InChI is InChI=1S/C14H21NO3/c1-5-14(3,17)9-15-13(16)11-7-6-10(2)12(8-11)18-4/h6-8,17H,5,9H2,1-4H3,(H,15,16). The van der Waals surface area contributed by atoms with E-state index in [-0.39, 0.29) is 12.5 Å². The molecule has 0 spiro atoms. The van der Waals surface area contributed by atoms with Crippen LogP contribution in [0.5, 0.6) is 5.75 Å². The van der Waals surface area contributed by atoms with E-state index in [1.807, 2.05) is 19.9 Å². The highest BCUT2D eigenvalue weighted by molar-refractivity contribution is 5.94. The highest BCUT2D eigenvalue weighted by Crippen LogP contribution is 2.19. The van der Waals surface area contributed by atoms with Crippen molar-refractivity contribution < 1.29 is 14.6 Å². The maximum absolute atomic E-state index is 11.9. The molecule has 0 saturated heterocycles. The summed E-state index contributed by atoms with van der Waals surface area (Å²) in [6.45, 7) is 5.73. The molecular weight excluding hydrogens is 230 g/mol. The number of benzene rings is 1. The maximum Gasteiger partial charge on any atom is 0.251 e. The van der Waals surface area contributed by atoms with E-state index in [0.717, 1.165) is 5.56 Å². The van der Waals surface area contributed by atoms with Gasteiger partial charge >= 0.3 is 0 Å². The number of aryl methyl sites for hydroxylation is 1.